The maximum Gasteiger partial charge on any atom is 0.435 e. The summed E-state index contributed by atoms with van der Waals surface area (Å²) in [6, 6.07) is 9.72. The van der Waals surface area contributed by atoms with Crippen LogP contribution in [0.2, 0.25) is 0 Å². The molecule has 2 aromatic carbocycles. The molecule has 1 atom stereocenters. The van der Waals surface area contributed by atoms with E-state index in [9.17, 15) is 35.9 Å². The molecule has 0 unspecified atom stereocenters. The predicted molar refractivity (Wildman–Crippen MR) is 136 cm³/mol. The van der Waals surface area contributed by atoms with Crippen LogP contribution in [0.4, 0.5) is 26.3 Å². The number of ketones is 1. The quantitative estimate of drug-likeness (QED) is 0.261. The standard InChI is InChI=1S/C29H22F6N4O3/c30-18-7-15(8-19(31)11-18)6-17(9-20(40)12-39-25-14-42-13-23(25)27(38-39)29(33,34)35)26-21(2-1-5-37-26)16-3-4-24(32)22(10-16)28(36)41/h1-5,7-8,10-11,17H,6,9,12-14H2,(H2,36,41)/t17-/m1/s1. The average molecular weight is 589 g/mol. The first kappa shape index (κ1) is 29.0. The van der Waals surface area contributed by atoms with Crippen LogP contribution in [0.1, 0.15) is 50.9 Å². The molecule has 1 aliphatic heterocycles. The van der Waals surface area contributed by atoms with Gasteiger partial charge in [0.25, 0.3) is 5.91 Å². The number of benzene rings is 2. The molecule has 218 valence electrons. The highest BCUT2D eigenvalue weighted by Gasteiger charge is 2.41. The molecule has 0 saturated carbocycles. The zero-order valence-corrected chi connectivity index (χ0v) is 21.7. The van der Waals surface area contributed by atoms with Crippen LogP contribution < -0.4 is 5.73 Å². The molecule has 3 heterocycles. The molecule has 13 heteroatoms. The molecule has 42 heavy (non-hydrogen) atoms. The fraction of sp³-hybridized carbons (Fsp3) is 0.241. The third-order valence-electron chi connectivity index (χ3n) is 6.89. The van der Waals surface area contributed by atoms with Gasteiger partial charge in [-0.2, -0.15) is 18.3 Å². The van der Waals surface area contributed by atoms with Crippen molar-refractivity contribution in [3.05, 3.63) is 106 Å². The van der Waals surface area contributed by atoms with Gasteiger partial charge in [-0.15, -0.1) is 0 Å². The molecule has 7 nitrogen and oxygen atoms in total. The normalized spacial score (nSPS) is 13.7. The molecule has 5 rings (SSSR count). The van der Waals surface area contributed by atoms with Crippen LogP contribution in [0, 0.1) is 17.5 Å². The second kappa shape index (κ2) is 11.4. The number of carbonyl (C=O) groups is 2. The second-order valence-electron chi connectivity index (χ2n) is 9.84. The lowest BCUT2D eigenvalue weighted by atomic mass is 9.86. The summed E-state index contributed by atoms with van der Waals surface area (Å²) in [5.41, 5.74) is 5.02. The minimum absolute atomic E-state index is 0.0809. The zero-order chi connectivity index (χ0) is 30.2. The fourth-order valence-electron chi connectivity index (χ4n) is 5.11. The van der Waals surface area contributed by atoms with E-state index in [0.29, 0.717) is 17.2 Å². The Hall–Kier alpha value is -4.52. The van der Waals surface area contributed by atoms with Crippen LogP contribution in [0.25, 0.3) is 11.1 Å². The van der Waals surface area contributed by atoms with Gasteiger partial charge in [0.05, 0.1) is 36.7 Å². The summed E-state index contributed by atoms with van der Waals surface area (Å²) in [4.78, 5) is 29.5. The van der Waals surface area contributed by atoms with Crippen molar-refractivity contribution in [3.8, 4) is 11.1 Å². The molecule has 2 N–H and O–H groups in total. The maximum atomic E-state index is 14.2. The first-order valence-electron chi connectivity index (χ1n) is 12.7. The van der Waals surface area contributed by atoms with Gasteiger partial charge in [-0.3, -0.25) is 19.3 Å². The number of pyridine rings is 1. The van der Waals surface area contributed by atoms with Crippen molar-refractivity contribution in [1.82, 2.24) is 14.8 Å². The fourth-order valence-corrected chi connectivity index (χ4v) is 5.11. The molecular weight excluding hydrogens is 566 g/mol. The van der Waals surface area contributed by atoms with Crippen molar-refractivity contribution in [1.29, 1.82) is 0 Å². The van der Waals surface area contributed by atoms with E-state index in [1.807, 2.05) is 0 Å². The van der Waals surface area contributed by atoms with Crippen molar-refractivity contribution in [3.63, 3.8) is 0 Å². The third kappa shape index (κ3) is 6.05. The minimum Gasteiger partial charge on any atom is -0.370 e. The largest absolute Gasteiger partial charge is 0.435 e. The van der Waals surface area contributed by atoms with E-state index in [0.717, 1.165) is 22.9 Å². The van der Waals surface area contributed by atoms with Gasteiger partial charge in [0, 0.05) is 35.7 Å². The van der Waals surface area contributed by atoms with Crippen molar-refractivity contribution in [2.24, 2.45) is 5.73 Å². The SMILES string of the molecule is NC(=O)c1cc(-c2cccnc2[C@@H](CC(=O)Cn2nc(C(F)(F)F)c3c2COC3)Cc2cc(F)cc(F)c2)ccc1F. The van der Waals surface area contributed by atoms with Gasteiger partial charge in [0.15, 0.2) is 11.5 Å². The van der Waals surface area contributed by atoms with Gasteiger partial charge in [-0.1, -0.05) is 12.1 Å². The van der Waals surface area contributed by atoms with Gasteiger partial charge in [0.2, 0.25) is 0 Å². The van der Waals surface area contributed by atoms with Crippen LogP contribution in [0.5, 0.6) is 0 Å². The summed E-state index contributed by atoms with van der Waals surface area (Å²) in [6.07, 6.45) is -3.70. The highest BCUT2D eigenvalue weighted by atomic mass is 19.4. The van der Waals surface area contributed by atoms with Crippen molar-refractivity contribution < 1.29 is 40.7 Å². The number of nitrogens with two attached hydrogens (primary N) is 1. The summed E-state index contributed by atoms with van der Waals surface area (Å²) >= 11 is 0. The topological polar surface area (TPSA) is 100 Å². The summed E-state index contributed by atoms with van der Waals surface area (Å²) in [6.45, 7) is -0.941. The predicted octanol–water partition coefficient (Wildman–Crippen LogP) is 5.50. The first-order valence-corrected chi connectivity index (χ1v) is 12.7. The highest BCUT2D eigenvalue weighted by Crippen LogP contribution is 2.37. The van der Waals surface area contributed by atoms with Crippen molar-refractivity contribution in [2.45, 2.75) is 44.7 Å². The number of fused-ring (bicyclic) bond motifs is 1. The Morgan fingerprint density at radius 1 is 1.02 bits per heavy atom. The van der Waals surface area contributed by atoms with E-state index in [1.165, 1.54) is 18.3 Å². The molecule has 2 aromatic heterocycles. The number of hydrogen-bond donors (Lipinski definition) is 1. The van der Waals surface area contributed by atoms with Crippen LogP contribution in [0.3, 0.4) is 0 Å². The Morgan fingerprint density at radius 3 is 2.45 bits per heavy atom. The Bertz CT molecular complexity index is 1660. The summed E-state index contributed by atoms with van der Waals surface area (Å²) in [5.74, 6) is -4.89. The molecule has 1 aliphatic rings. The summed E-state index contributed by atoms with van der Waals surface area (Å²) in [5, 5.41) is 3.63. The molecule has 0 saturated heterocycles. The molecule has 4 aromatic rings. The van der Waals surface area contributed by atoms with Gasteiger partial charge in [-0.05, 0) is 47.9 Å². The Balaban J connectivity index is 1.52. The number of ether oxygens (including phenoxy) is 1. The highest BCUT2D eigenvalue weighted by molar-refractivity contribution is 5.94. The van der Waals surface area contributed by atoms with E-state index in [4.69, 9.17) is 10.5 Å². The smallest absolute Gasteiger partial charge is 0.370 e. The van der Waals surface area contributed by atoms with E-state index >= 15 is 0 Å². The molecule has 0 bridgehead atoms. The Morgan fingerprint density at radius 2 is 1.76 bits per heavy atom. The number of Topliss-reactive ketones (excluding diaryl/α,β-unsaturated/α-hetero) is 1. The molecule has 0 fully saturated rings. The summed E-state index contributed by atoms with van der Waals surface area (Å²) < 4.78 is 88.9. The van der Waals surface area contributed by atoms with Gasteiger partial charge in [0.1, 0.15) is 17.5 Å². The summed E-state index contributed by atoms with van der Waals surface area (Å²) in [7, 11) is 0. The van der Waals surface area contributed by atoms with Crippen LogP contribution in [-0.2, 0) is 41.9 Å². The third-order valence-corrected chi connectivity index (χ3v) is 6.89. The van der Waals surface area contributed by atoms with Gasteiger partial charge >= 0.3 is 6.18 Å². The van der Waals surface area contributed by atoms with Gasteiger partial charge in [-0.25, -0.2) is 13.2 Å². The lowest BCUT2D eigenvalue weighted by Crippen LogP contribution is -2.19. The van der Waals surface area contributed by atoms with Gasteiger partial charge < -0.3 is 10.5 Å². The molecule has 0 spiro atoms. The number of aromatic nitrogens is 3. The average Bonchev–Trinajstić information content (AvgIpc) is 3.51. The van der Waals surface area contributed by atoms with E-state index in [2.05, 4.69) is 10.1 Å². The molecule has 1 amide bonds. The minimum atomic E-state index is -4.74. The maximum absolute atomic E-state index is 14.2. The number of alkyl halides is 3. The first-order chi connectivity index (χ1) is 19.9. The Labute approximate surface area is 234 Å². The van der Waals surface area contributed by atoms with E-state index in [1.54, 1.807) is 12.1 Å². The lowest BCUT2D eigenvalue weighted by molar-refractivity contribution is -0.142. The molecular formula is C29H22F6N4O3. The molecule has 0 radical (unpaired) electrons. The van der Waals surface area contributed by atoms with Crippen LogP contribution >= 0.6 is 0 Å². The second-order valence-corrected chi connectivity index (χ2v) is 9.84. The molecule has 0 aliphatic carbocycles. The van der Waals surface area contributed by atoms with E-state index in [-0.39, 0.29) is 54.1 Å². The number of hydrogen-bond acceptors (Lipinski definition) is 5. The number of carbonyl (C=O) groups excluding carboxylic acids is 2. The van der Waals surface area contributed by atoms with Crippen molar-refractivity contribution in [2.75, 3.05) is 0 Å². The van der Waals surface area contributed by atoms with Crippen LogP contribution in [0.15, 0.2) is 54.7 Å². The van der Waals surface area contributed by atoms with Crippen molar-refractivity contribution >= 4 is 11.7 Å². The lowest BCUT2D eigenvalue weighted by Gasteiger charge is -2.20. The van der Waals surface area contributed by atoms with E-state index < -0.39 is 53.5 Å². The number of rotatable bonds is 9. The number of primary amides is 1. The number of nitrogens with zero attached hydrogens (tertiary/aromatic N) is 3. The number of halogens is 6. The zero-order valence-electron chi connectivity index (χ0n) is 21.7. The number of amides is 1. The Kier molecular flexibility index (Phi) is 7.87. The monoisotopic (exact) mass is 588 g/mol. The van der Waals surface area contributed by atoms with Crippen LogP contribution in [-0.4, -0.2) is 26.5 Å².